The maximum absolute atomic E-state index is 12.8. The highest BCUT2D eigenvalue weighted by Crippen LogP contribution is 2.38. The summed E-state index contributed by atoms with van der Waals surface area (Å²) in [5, 5.41) is 7.92. The number of fused-ring (bicyclic) bond motifs is 1. The van der Waals surface area contributed by atoms with E-state index in [0.717, 1.165) is 12.0 Å². The third-order valence-electron chi connectivity index (χ3n) is 4.06. The average molecular weight is 455 g/mol. The summed E-state index contributed by atoms with van der Waals surface area (Å²) in [6.45, 7) is 4.25. The van der Waals surface area contributed by atoms with Crippen molar-refractivity contribution >= 4 is 37.5 Å². The minimum absolute atomic E-state index is 0.0565. The molecule has 1 aliphatic heterocycles. The fraction of sp³-hybridized carbons (Fsp3) is 0.278. The molecule has 0 fully saturated rings. The van der Waals surface area contributed by atoms with Crippen molar-refractivity contribution in [2.24, 2.45) is 5.14 Å². The second-order valence-electron chi connectivity index (χ2n) is 6.16. The third-order valence-corrected chi connectivity index (χ3v) is 5.66. The van der Waals surface area contributed by atoms with Crippen LogP contribution in [0.5, 0.6) is 11.5 Å². The van der Waals surface area contributed by atoms with Crippen molar-refractivity contribution in [3.05, 3.63) is 45.9 Å². The standard InChI is InChI=1S/C18H19BrN2O5S/c1-3-25-17-7-11-6-10(2)26-16(11)9-15(17)21-18(22)13-8-12(27(20,23)24)4-5-14(13)19/h4-5,7-10H,3,6H2,1-2H3,(H,21,22)(H2,20,23,24)/t10-/m1/s1. The lowest BCUT2D eigenvalue weighted by atomic mass is 10.1. The van der Waals surface area contributed by atoms with Crippen molar-refractivity contribution in [2.75, 3.05) is 11.9 Å². The molecular weight excluding hydrogens is 436 g/mol. The lowest BCUT2D eigenvalue weighted by molar-refractivity contribution is 0.102. The highest BCUT2D eigenvalue weighted by Gasteiger charge is 2.23. The van der Waals surface area contributed by atoms with E-state index in [9.17, 15) is 13.2 Å². The molecule has 2 aromatic rings. The van der Waals surface area contributed by atoms with E-state index in [2.05, 4.69) is 21.2 Å². The van der Waals surface area contributed by atoms with Crippen LogP contribution in [0.1, 0.15) is 29.8 Å². The Bertz CT molecular complexity index is 1010. The van der Waals surface area contributed by atoms with Crippen molar-refractivity contribution in [1.29, 1.82) is 0 Å². The molecule has 2 aromatic carbocycles. The van der Waals surface area contributed by atoms with Gasteiger partial charge in [-0.05, 0) is 54.0 Å². The van der Waals surface area contributed by atoms with Crippen molar-refractivity contribution in [3.8, 4) is 11.5 Å². The molecule has 1 atom stereocenters. The summed E-state index contributed by atoms with van der Waals surface area (Å²) in [7, 11) is -3.92. The van der Waals surface area contributed by atoms with Crippen LogP contribution in [0.25, 0.3) is 0 Å². The van der Waals surface area contributed by atoms with Crippen LogP contribution in [0.2, 0.25) is 0 Å². The van der Waals surface area contributed by atoms with E-state index in [0.29, 0.717) is 28.3 Å². The van der Waals surface area contributed by atoms with Crippen LogP contribution in [-0.4, -0.2) is 27.0 Å². The van der Waals surface area contributed by atoms with Gasteiger partial charge in [0, 0.05) is 22.5 Å². The minimum Gasteiger partial charge on any atom is -0.492 e. The number of hydrogen-bond acceptors (Lipinski definition) is 5. The first-order valence-corrected chi connectivity index (χ1v) is 10.6. The lowest BCUT2D eigenvalue weighted by Gasteiger charge is -2.14. The molecule has 0 saturated carbocycles. The largest absolute Gasteiger partial charge is 0.492 e. The zero-order chi connectivity index (χ0) is 19.8. The van der Waals surface area contributed by atoms with Gasteiger partial charge < -0.3 is 14.8 Å². The normalized spacial score (nSPS) is 15.8. The SMILES string of the molecule is CCOc1cc2c(cc1NC(=O)c1cc(S(N)(=O)=O)ccc1Br)O[C@H](C)C2. The van der Waals surface area contributed by atoms with Crippen LogP contribution in [0, 0.1) is 0 Å². The first-order chi connectivity index (χ1) is 12.7. The molecule has 3 rings (SSSR count). The molecule has 0 bridgehead atoms. The number of rotatable bonds is 5. The molecule has 0 unspecified atom stereocenters. The fourth-order valence-corrected chi connectivity index (χ4v) is 3.82. The van der Waals surface area contributed by atoms with Gasteiger partial charge in [0.25, 0.3) is 5.91 Å². The smallest absolute Gasteiger partial charge is 0.256 e. The Hall–Kier alpha value is -2.10. The zero-order valence-corrected chi connectivity index (χ0v) is 17.2. The second kappa shape index (κ2) is 7.49. The van der Waals surface area contributed by atoms with Gasteiger partial charge in [-0.15, -0.1) is 0 Å². The summed E-state index contributed by atoms with van der Waals surface area (Å²) >= 11 is 3.27. The second-order valence-corrected chi connectivity index (χ2v) is 8.58. The van der Waals surface area contributed by atoms with Crippen LogP contribution < -0.4 is 19.9 Å². The Kier molecular flexibility index (Phi) is 5.45. The highest BCUT2D eigenvalue weighted by atomic mass is 79.9. The van der Waals surface area contributed by atoms with Gasteiger partial charge in [-0.2, -0.15) is 0 Å². The molecule has 0 aliphatic carbocycles. The molecule has 0 spiro atoms. The van der Waals surface area contributed by atoms with E-state index < -0.39 is 15.9 Å². The van der Waals surface area contributed by atoms with E-state index in [-0.39, 0.29) is 16.6 Å². The van der Waals surface area contributed by atoms with Gasteiger partial charge in [0.1, 0.15) is 17.6 Å². The number of ether oxygens (including phenoxy) is 2. The fourth-order valence-electron chi connectivity index (χ4n) is 2.86. The number of carbonyl (C=O) groups excluding carboxylic acids is 1. The summed E-state index contributed by atoms with van der Waals surface area (Å²) in [5.41, 5.74) is 1.60. The van der Waals surface area contributed by atoms with Crippen LogP contribution in [0.3, 0.4) is 0 Å². The summed E-state index contributed by atoms with van der Waals surface area (Å²) in [5.74, 6) is 0.721. The molecule has 7 nitrogen and oxygen atoms in total. The summed E-state index contributed by atoms with van der Waals surface area (Å²) < 4.78 is 35.0. The number of carbonyl (C=O) groups is 1. The van der Waals surface area contributed by atoms with E-state index in [4.69, 9.17) is 14.6 Å². The predicted molar refractivity (Wildman–Crippen MR) is 105 cm³/mol. The quantitative estimate of drug-likeness (QED) is 0.721. The Morgan fingerprint density at radius 2 is 2.11 bits per heavy atom. The number of benzene rings is 2. The molecular formula is C18H19BrN2O5S. The molecule has 144 valence electrons. The molecule has 1 heterocycles. The van der Waals surface area contributed by atoms with Gasteiger partial charge in [0.15, 0.2) is 0 Å². The van der Waals surface area contributed by atoms with Gasteiger partial charge in [-0.3, -0.25) is 4.79 Å². The van der Waals surface area contributed by atoms with E-state index in [1.54, 1.807) is 6.07 Å². The van der Waals surface area contributed by atoms with E-state index in [1.165, 1.54) is 18.2 Å². The van der Waals surface area contributed by atoms with Gasteiger partial charge in [-0.1, -0.05) is 0 Å². The Morgan fingerprint density at radius 1 is 1.37 bits per heavy atom. The summed E-state index contributed by atoms with van der Waals surface area (Å²) in [6.07, 6.45) is 0.826. The van der Waals surface area contributed by atoms with Crippen LogP contribution >= 0.6 is 15.9 Å². The van der Waals surface area contributed by atoms with E-state index in [1.807, 2.05) is 19.9 Å². The number of nitrogens with one attached hydrogen (secondary N) is 1. The first kappa shape index (κ1) is 19.7. The topological polar surface area (TPSA) is 108 Å². The Balaban J connectivity index is 1.96. The third kappa shape index (κ3) is 4.26. The minimum atomic E-state index is -3.92. The van der Waals surface area contributed by atoms with Crippen molar-refractivity contribution in [3.63, 3.8) is 0 Å². The van der Waals surface area contributed by atoms with Crippen molar-refractivity contribution in [2.45, 2.75) is 31.3 Å². The molecule has 0 saturated heterocycles. The van der Waals surface area contributed by atoms with Crippen LogP contribution in [0.15, 0.2) is 39.7 Å². The monoisotopic (exact) mass is 454 g/mol. The Morgan fingerprint density at radius 3 is 2.78 bits per heavy atom. The maximum Gasteiger partial charge on any atom is 0.256 e. The number of nitrogens with two attached hydrogens (primary N) is 1. The van der Waals surface area contributed by atoms with Gasteiger partial charge in [0.05, 0.1) is 22.8 Å². The number of primary sulfonamides is 1. The average Bonchev–Trinajstić information content (AvgIpc) is 2.93. The highest BCUT2D eigenvalue weighted by molar-refractivity contribution is 9.10. The number of anilines is 1. The lowest BCUT2D eigenvalue weighted by Crippen LogP contribution is -2.17. The molecule has 1 amide bonds. The first-order valence-electron chi connectivity index (χ1n) is 8.29. The van der Waals surface area contributed by atoms with Gasteiger partial charge in [0.2, 0.25) is 10.0 Å². The van der Waals surface area contributed by atoms with E-state index >= 15 is 0 Å². The molecule has 9 heteroatoms. The molecule has 0 radical (unpaired) electrons. The Labute approximate surface area is 166 Å². The van der Waals surface area contributed by atoms with Crippen molar-refractivity contribution in [1.82, 2.24) is 0 Å². The number of hydrogen-bond donors (Lipinski definition) is 2. The molecule has 27 heavy (non-hydrogen) atoms. The number of halogens is 1. The van der Waals surface area contributed by atoms with Crippen LogP contribution in [-0.2, 0) is 16.4 Å². The predicted octanol–water partition coefficient (Wildman–Crippen LogP) is 3.07. The molecule has 3 N–H and O–H groups in total. The van der Waals surface area contributed by atoms with Crippen LogP contribution in [0.4, 0.5) is 5.69 Å². The number of sulfonamides is 1. The summed E-state index contributed by atoms with van der Waals surface area (Å²) in [6, 6.07) is 7.59. The molecule has 1 aliphatic rings. The maximum atomic E-state index is 12.8. The van der Waals surface area contributed by atoms with Gasteiger partial charge >= 0.3 is 0 Å². The van der Waals surface area contributed by atoms with Gasteiger partial charge in [-0.25, -0.2) is 13.6 Å². The summed E-state index contributed by atoms with van der Waals surface area (Å²) in [4.78, 5) is 12.6. The number of amides is 1. The molecule has 0 aromatic heterocycles. The zero-order valence-electron chi connectivity index (χ0n) is 14.8. The van der Waals surface area contributed by atoms with Crippen molar-refractivity contribution < 1.29 is 22.7 Å².